The summed E-state index contributed by atoms with van der Waals surface area (Å²) < 4.78 is 1.68. The first kappa shape index (κ1) is 11.4. The first-order valence-corrected chi connectivity index (χ1v) is 5.80. The van der Waals surface area contributed by atoms with E-state index in [4.69, 9.17) is 5.11 Å². The Bertz CT molecular complexity index is 777. The molecule has 94 valence electrons. The average Bonchev–Trinajstić information content (AvgIpc) is 2.81. The highest BCUT2D eigenvalue weighted by atomic mass is 16.4. The molecule has 0 spiro atoms. The zero-order valence-corrected chi connectivity index (χ0v) is 10.2. The van der Waals surface area contributed by atoms with E-state index in [1.807, 2.05) is 25.3 Å². The Kier molecular flexibility index (Phi) is 2.52. The van der Waals surface area contributed by atoms with Crippen LogP contribution >= 0.6 is 0 Å². The number of benzene rings is 1. The average molecular weight is 253 g/mol. The Hall–Kier alpha value is -2.69. The monoisotopic (exact) mass is 253 g/mol. The summed E-state index contributed by atoms with van der Waals surface area (Å²) in [6, 6.07) is 10.5. The van der Waals surface area contributed by atoms with Gasteiger partial charge in [0.2, 0.25) is 0 Å². The molecule has 2 heterocycles. The maximum atomic E-state index is 11.0. The van der Waals surface area contributed by atoms with Crippen LogP contribution in [0.5, 0.6) is 0 Å². The summed E-state index contributed by atoms with van der Waals surface area (Å²) in [5, 5.41) is 13.3. The number of carboxylic acid groups (broad SMARTS) is 1. The third-order valence-corrected chi connectivity index (χ3v) is 2.86. The number of hydrogen-bond acceptors (Lipinski definition) is 3. The fraction of sp³-hybridized carbons (Fsp3) is 0.0714. The number of nitrogens with zero attached hydrogens (tertiary/aromatic N) is 3. The van der Waals surface area contributed by atoms with Gasteiger partial charge >= 0.3 is 5.97 Å². The van der Waals surface area contributed by atoms with Crippen LogP contribution in [-0.4, -0.2) is 25.7 Å². The summed E-state index contributed by atoms with van der Waals surface area (Å²) in [6.07, 6.45) is 1.84. The Morgan fingerprint density at radius 2 is 2.11 bits per heavy atom. The first-order chi connectivity index (χ1) is 9.13. The van der Waals surface area contributed by atoms with Gasteiger partial charge in [-0.25, -0.2) is 14.3 Å². The SMILES string of the molecule is Cc1ccn2nc(-c3cccc(C(=O)O)c3)nc2c1. The van der Waals surface area contributed by atoms with Crippen LogP contribution in [0.3, 0.4) is 0 Å². The molecule has 1 aromatic carbocycles. The van der Waals surface area contributed by atoms with E-state index in [1.165, 1.54) is 0 Å². The lowest BCUT2D eigenvalue weighted by Gasteiger charge is -1.97. The van der Waals surface area contributed by atoms with Gasteiger partial charge in [0, 0.05) is 11.8 Å². The minimum Gasteiger partial charge on any atom is -0.478 e. The van der Waals surface area contributed by atoms with Crippen LogP contribution < -0.4 is 0 Å². The van der Waals surface area contributed by atoms with Crippen molar-refractivity contribution in [3.05, 3.63) is 53.7 Å². The van der Waals surface area contributed by atoms with Crippen molar-refractivity contribution >= 4 is 11.6 Å². The molecule has 0 aliphatic rings. The molecule has 0 aliphatic carbocycles. The molecular weight excluding hydrogens is 242 g/mol. The Labute approximate surface area is 109 Å². The van der Waals surface area contributed by atoms with Crippen molar-refractivity contribution in [2.45, 2.75) is 6.92 Å². The second-order valence-corrected chi connectivity index (χ2v) is 4.33. The molecule has 3 rings (SSSR count). The smallest absolute Gasteiger partial charge is 0.335 e. The van der Waals surface area contributed by atoms with Crippen LogP contribution in [0, 0.1) is 6.92 Å². The largest absolute Gasteiger partial charge is 0.478 e. The molecule has 0 unspecified atom stereocenters. The van der Waals surface area contributed by atoms with E-state index in [9.17, 15) is 4.79 Å². The Morgan fingerprint density at radius 1 is 1.26 bits per heavy atom. The lowest BCUT2D eigenvalue weighted by atomic mass is 10.1. The maximum absolute atomic E-state index is 11.0. The van der Waals surface area contributed by atoms with E-state index in [-0.39, 0.29) is 5.56 Å². The van der Waals surface area contributed by atoms with E-state index in [0.717, 1.165) is 11.2 Å². The van der Waals surface area contributed by atoms with Gasteiger partial charge in [-0.3, -0.25) is 0 Å². The van der Waals surface area contributed by atoms with Gasteiger partial charge in [-0.05, 0) is 36.8 Å². The number of fused-ring (bicyclic) bond motifs is 1. The fourth-order valence-corrected chi connectivity index (χ4v) is 1.90. The van der Waals surface area contributed by atoms with Gasteiger partial charge in [0.1, 0.15) is 0 Å². The number of carboxylic acids is 1. The first-order valence-electron chi connectivity index (χ1n) is 5.80. The number of pyridine rings is 1. The Morgan fingerprint density at radius 3 is 2.89 bits per heavy atom. The molecule has 1 N–H and O–H groups in total. The molecule has 2 aromatic heterocycles. The van der Waals surface area contributed by atoms with Gasteiger partial charge < -0.3 is 5.11 Å². The highest BCUT2D eigenvalue weighted by Gasteiger charge is 2.09. The van der Waals surface area contributed by atoms with Gasteiger partial charge in [-0.2, -0.15) is 0 Å². The second-order valence-electron chi connectivity index (χ2n) is 4.33. The van der Waals surface area contributed by atoms with Gasteiger partial charge in [0.15, 0.2) is 11.5 Å². The third-order valence-electron chi connectivity index (χ3n) is 2.86. The Balaban J connectivity index is 2.13. The number of carbonyl (C=O) groups is 1. The van der Waals surface area contributed by atoms with E-state index < -0.39 is 5.97 Å². The zero-order valence-electron chi connectivity index (χ0n) is 10.2. The van der Waals surface area contributed by atoms with Crippen molar-refractivity contribution in [1.29, 1.82) is 0 Å². The summed E-state index contributed by atoms with van der Waals surface area (Å²) >= 11 is 0. The van der Waals surface area contributed by atoms with Gasteiger partial charge in [-0.1, -0.05) is 12.1 Å². The minimum absolute atomic E-state index is 0.229. The molecule has 3 aromatic rings. The number of aromatic nitrogens is 3. The van der Waals surface area contributed by atoms with Crippen LogP contribution in [0.25, 0.3) is 17.0 Å². The van der Waals surface area contributed by atoms with Crippen molar-refractivity contribution in [1.82, 2.24) is 14.6 Å². The van der Waals surface area contributed by atoms with Crippen LogP contribution in [0.4, 0.5) is 0 Å². The van der Waals surface area contributed by atoms with E-state index in [2.05, 4.69) is 10.1 Å². The molecule has 5 heteroatoms. The van der Waals surface area contributed by atoms with Crippen LogP contribution in [0.15, 0.2) is 42.6 Å². The standard InChI is InChI=1S/C14H11N3O2/c1-9-5-6-17-12(7-9)15-13(16-17)10-3-2-4-11(8-10)14(18)19/h2-8H,1H3,(H,18,19). The lowest BCUT2D eigenvalue weighted by molar-refractivity contribution is 0.0697. The molecular formula is C14H11N3O2. The highest BCUT2D eigenvalue weighted by Crippen LogP contribution is 2.18. The number of aryl methyl sites for hydroxylation is 1. The zero-order chi connectivity index (χ0) is 13.4. The molecule has 19 heavy (non-hydrogen) atoms. The molecule has 0 bridgehead atoms. The molecule has 0 saturated heterocycles. The third kappa shape index (κ3) is 2.06. The topological polar surface area (TPSA) is 67.5 Å². The van der Waals surface area contributed by atoms with Crippen LogP contribution in [-0.2, 0) is 0 Å². The molecule has 0 saturated carbocycles. The van der Waals surface area contributed by atoms with Gasteiger partial charge in [0.25, 0.3) is 0 Å². The minimum atomic E-state index is -0.957. The van der Waals surface area contributed by atoms with Gasteiger partial charge in [0.05, 0.1) is 5.56 Å². The normalized spacial score (nSPS) is 10.8. The second kappa shape index (κ2) is 4.20. The number of rotatable bonds is 2. The highest BCUT2D eigenvalue weighted by molar-refractivity contribution is 5.89. The van der Waals surface area contributed by atoms with Crippen LogP contribution in [0.1, 0.15) is 15.9 Å². The predicted molar refractivity (Wildman–Crippen MR) is 70.1 cm³/mol. The van der Waals surface area contributed by atoms with Crippen molar-refractivity contribution in [2.24, 2.45) is 0 Å². The quantitative estimate of drug-likeness (QED) is 0.761. The van der Waals surface area contributed by atoms with Crippen molar-refractivity contribution < 1.29 is 9.90 Å². The summed E-state index contributed by atoms with van der Waals surface area (Å²) in [7, 11) is 0. The fourth-order valence-electron chi connectivity index (χ4n) is 1.90. The maximum Gasteiger partial charge on any atom is 0.335 e. The summed E-state index contributed by atoms with van der Waals surface area (Å²) in [4.78, 5) is 15.4. The van der Waals surface area contributed by atoms with E-state index in [0.29, 0.717) is 11.4 Å². The van der Waals surface area contributed by atoms with Gasteiger partial charge in [-0.15, -0.1) is 5.10 Å². The number of hydrogen-bond donors (Lipinski definition) is 1. The molecule has 0 aliphatic heterocycles. The van der Waals surface area contributed by atoms with E-state index >= 15 is 0 Å². The summed E-state index contributed by atoms with van der Waals surface area (Å²) in [5.41, 5.74) is 2.77. The molecule has 0 amide bonds. The summed E-state index contributed by atoms with van der Waals surface area (Å²) in [5.74, 6) is -0.435. The number of aromatic carboxylic acids is 1. The van der Waals surface area contributed by atoms with Crippen molar-refractivity contribution in [3.8, 4) is 11.4 Å². The van der Waals surface area contributed by atoms with Crippen LogP contribution in [0.2, 0.25) is 0 Å². The van der Waals surface area contributed by atoms with Crippen molar-refractivity contribution in [2.75, 3.05) is 0 Å². The molecule has 5 nitrogen and oxygen atoms in total. The summed E-state index contributed by atoms with van der Waals surface area (Å²) in [6.45, 7) is 1.99. The van der Waals surface area contributed by atoms with E-state index in [1.54, 1.807) is 28.8 Å². The van der Waals surface area contributed by atoms with Crippen molar-refractivity contribution in [3.63, 3.8) is 0 Å². The lowest BCUT2D eigenvalue weighted by Crippen LogP contribution is -1.96. The molecule has 0 atom stereocenters. The predicted octanol–water partition coefficient (Wildman–Crippen LogP) is 2.40. The molecule has 0 fully saturated rings. The molecule has 0 radical (unpaired) electrons.